The fourth-order valence-electron chi connectivity index (χ4n) is 2.15. The lowest BCUT2D eigenvalue weighted by Crippen LogP contribution is -2.16. The van der Waals surface area contributed by atoms with Crippen LogP contribution in [0.3, 0.4) is 0 Å². The first-order valence-electron chi connectivity index (χ1n) is 7.05. The topological polar surface area (TPSA) is 105 Å². The van der Waals surface area contributed by atoms with Gasteiger partial charge in [-0.1, -0.05) is 23.2 Å². The summed E-state index contributed by atoms with van der Waals surface area (Å²) in [6, 6.07) is 8.58. The minimum Gasteiger partial charge on any atom is -0.507 e. The van der Waals surface area contributed by atoms with Crippen LogP contribution in [0, 0.1) is 10.1 Å². The maximum atomic E-state index is 12.3. The van der Waals surface area contributed by atoms with E-state index in [1.807, 2.05) is 0 Å². The highest BCUT2D eigenvalue weighted by atomic mass is 35.5. The van der Waals surface area contributed by atoms with E-state index in [-0.39, 0.29) is 21.3 Å². The van der Waals surface area contributed by atoms with Gasteiger partial charge in [0.15, 0.2) is 0 Å². The van der Waals surface area contributed by atoms with Crippen LogP contribution in [0.1, 0.15) is 15.2 Å². The molecule has 1 heterocycles. The second-order valence-corrected chi connectivity index (χ2v) is 6.95. The lowest BCUT2D eigenvalue weighted by Gasteiger charge is -2.00. The number of amides is 1. The molecule has 132 valence electrons. The lowest BCUT2D eigenvalue weighted by molar-refractivity contribution is -0.384. The molecule has 0 spiro atoms. The molecular weight excluding hydrogens is 401 g/mol. The molecule has 10 heteroatoms. The van der Waals surface area contributed by atoms with Crippen LogP contribution in [0.5, 0.6) is 5.75 Å². The molecule has 7 nitrogen and oxygen atoms in total. The number of phenols is 1. The van der Waals surface area contributed by atoms with Crippen LogP contribution in [0.4, 0.5) is 5.69 Å². The highest BCUT2D eigenvalue weighted by Crippen LogP contribution is 2.37. The van der Waals surface area contributed by atoms with E-state index in [4.69, 9.17) is 23.2 Å². The number of benzene rings is 2. The maximum Gasteiger partial charge on any atom is 0.283 e. The summed E-state index contributed by atoms with van der Waals surface area (Å²) in [6.45, 7) is 0. The third kappa shape index (κ3) is 3.62. The van der Waals surface area contributed by atoms with E-state index in [1.165, 1.54) is 42.6 Å². The zero-order chi connectivity index (χ0) is 18.8. The van der Waals surface area contributed by atoms with Crippen molar-refractivity contribution in [3.63, 3.8) is 0 Å². The summed E-state index contributed by atoms with van der Waals surface area (Å²) in [5, 5.41) is 25.5. The highest BCUT2D eigenvalue weighted by molar-refractivity contribution is 7.21. The Hall–Kier alpha value is -2.68. The number of hydrazone groups is 1. The van der Waals surface area contributed by atoms with E-state index in [2.05, 4.69) is 10.5 Å². The fraction of sp³-hybridized carbons (Fsp3) is 0. The number of rotatable bonds is 4. The molecule has 26 heavy (non-hydrogen) atoms. The van der Waals surface area contributed by atoms with Gasteiger partial charge in [0.25, 0.3) is 11.6 Å². The van der Waals surface area contributed by atoms with E-state index in [1.54, 1.807) is 0 Å². The molecule has 0 radical (unpaired) electrons. The molecule has 3 rings (SSSR count). The summed E-state index contributed by atoms with van der Waals surface area (Å²) < 4.78 is 0.519. The molecule has 0 aliphatic carbocycles. The van der Waals surface area contributed by atoms with Crippen molar-refractivity contribution in [3.05, 3.63) is 67.0 Å². The zero-order valence-corrected chi connectivity index (χ0v) is 15.1. The first kappa shape index (κ1) is 18.1. The number of nitro benzene ring substituents is 1. The number of nitrogens with zero attached hydrogens (tertiary/aromatic N) is 2. The second-order valence-electron chi connectivity index (χ2n) is 5.09. The molecule has 0 fully saturated rings. The first-order chi connectivity index (χ1) is 12.4. The molecule has 3 aromatic rings. The van der Waals surface area contributed by atoms with Crippen molar-refractivity contribution in [1.29, 1.82) is 0 Å². The molecule has 0 atom stereocenters. The second kappa shape index (κ2) is 7.28. The summed E-state index contributed by atoms with van der Waals surface area (Å²) in [5.41, 5.74) is 2.54. The van der Waals surface area contributed by atoms with Crippen LogP contribution in [-0.4, -0.2) is 22.2 Å². The minimum atomic E-state index is -0.573. The summed E-state index contributed by atoms with van der Waals surface area (Å²) in [5.74, 6) is -0.615. The molecule has 0 aliphatic rings. The van der Waals surface area contributed by atoms with E-state index < -0.39 is 10.8 Å². The standard InChI is InChI=1S/C16H9Cl2N3O4S/c17-9-1-4-12(22)8(5-9)7-19-20-16(23)15-14(18)11-3-2-10(21(24)25)6-13(11)26-15/h1-7,22H,(H,20,23)/b19-7+. The molecule has 0 aliphatic heterocycles. The van der Waals surface area contributed by atoms with Crippen molar-refractivity contribution < 1.29 is 14.8 Å². The largest absolute Gasteiger partial charge is 0.507 e. The van der Waals surface area contributed by atoms with Gasteiger partial charge in [-0.05, 0) is 24.3 Å². The van der Waals surface area contributed by atoms with Crippen molar-refractivity contribution in [2.75, 3.05) is 0 Å². The first-order valence-corrected chi connectivity index (χ1v) is 8.62. The normalized spacial score (nSPS) is 11.2. The van der Waals surface area contributed by atoms with E-state index in [9.17, 15) is 20.0 Å². The monoisotopic (exact) mass is 409 g/mol. The van der Waals surface area contributed by atoms with Gasteiger partial charge in [0.1, 0.15) is 10.6 Å². The van der Waals surface area contributed by atoms with Gasteiger partial charge in [-0.15, -0.1) is 11.3 Å². The number of carbonyl (C=O) groups is 1. The van der Waals surface area contributed by atoms with Gasteiger partial charge in [0.05, 0.1) is 16.2 Å². The van der Waals surface area contributed by atoms with E-state index in [0.717, 1.165) is 11.3 Å². The third-order valence-corrected chi connectivity index (χ3v) is 5.28. The summed E-state index contributed by atoms with van der Waals surface area (Å²) in [4.78, 5) is 22.8. The number of fused-ring (bicyclic) bond motifs is 1. The van der Waals surface area contributed by atoms with Crippen LogP contribution in [-0.2, 0) is 0 Å². The van der Waals surface area contributed by atoms with Crippen LogP contribution in [0.2, 0.25) is 10.0 Å². The number of hydrogen-bond acceptors (Lipinski definition) is 6. The van der Waals surface area contributed by atoms with Crippen molar-refractivity contribution in [2.24, 2.45) is 5.10 Å². The highest BCUT2D eigenvalue weighted by Gasteiger charge is 2.18. The molecular formula is C16H9Cl2N3O4S. The maximum absolute atomic E-state index is 12.3. The van der Waals surface area contributed by atoms with Gasteiger partial charge >= 0.3 is 0 Å². The van der Waals surface area contributed by atoms with Crippen molar-refractivity contribution in [3.8, 4) is 5.75 Å². The van der Waals surface area contributed by atoms with E-state index >= 15 is 0 Å². The number of halogens is 2. The quantitative estimate of drug-likeness (QED) is 0.373. The molecule has 2 N–H and O–H groups in total. The number of hydrogen-bond donors (Lipinski definition) is 2. The fourth-order valence-corrected chi connectivity index (χ4v) is 3.77. The lowest BCUT2D eigenvalue weighted by atomic mass is 10.2. The van der Waals surface area contributed by atoms with Crippen molar-refractivity contribution >= 4 is 62.4 Å². The van der Waals surface area contributed by atoms with Crippen LogP contribution >= 0.6 is 34.5 Å². The Morgan fingerprint density at radius 3 is 2.77 bits per heavy atom. The van der Waals surface area contributed by atoms with Gasteiger partial charge in [0.2, 0.25) is 0 Å². The van der Waals surface area contributed by atoms with Gasteiger partial charge in [0, 0.05) is 32.8 Å². The Bertz CT molecular complexity index is 1070. The Morgan fingerprint density at radius 2 is 2.04 bits per heavy atom. The predicted molar refractivity (Wildman–Crippen MR) is 102 cm³/mol. The summed E-state index contributed by atoms with van der Waals surface area (Å²) >= 11 is 13.1. The third-order valence-electron chi connectivity index (χ3n) is 3.39. The number of thiophene rings is 1. The minimum absolute atomic E-state index is 0.0420. The molecule has 1 aromatic heterocycles. The SMILES string of the molecule is O=C(N/N=C/c1cc(Cl)ccc1O)c1sc2cc([N+](=O)[O-])ccc2c1Cl. The van der Waals surface area contributed by atoms with Crippen molar-refractivity contribution in [1.82, 2.24) is 5.43 Å². The van der Waals surface area contributed by atoms with Gasteiger partial charge < -0.3 is 5.11 Å². The molecule has 0 unspecified atom stereocenters. The molecule has 0 saturated carbocycles. The van der Waals surface area contributed by atoms with Crippen LogP contribution in [0.15, 0.2) is 41.5 Å². The number of aromatic hydroxyl groups is 1. The Labute approximate surface area is 160 Å². The van der Waals surface area contributed by atoms with Crippen LogP contribution < -0.4 is 5.43 Å². The van der Waals surface area contributed by atoms with Gasteiger partial charge in [-0.3, -0.25) is 14.9 Å². The smallest absolute Gasteiger partial charge is 0.283 e. The number of carbonyl (C=O) groups excluding carboxylic acids is 1. The molecule has 2 aromatic carbocycles. The Morgan fingerprint density at radius 1 is 1.27 bits per heavy atom. The van der Waals surface area contributed by atoms with Crippen LogP contribution in [0.25, 0.3) is 10.1 Å². The number of nitro groups is 1. The van der Waals surface area contributed by atoms with Gasteiger partial charge in [-0.2, -0.15) is 5.10 Å². The summed E-state index contributed by atoms with van der Waals surface area (Å²) in [7, 11) is 0. The zero-order valence-electron chi connectivity index (χ0n) is 12.8. The average molecular weight is 410 g/mol. The van der Waals surface area contributed by atoms with Crippen molar-refractivity contribution in [2.45, 2.75) is 0 Å². The average Bonchev–Trinajstić information content (AvgIpc) is 2.94. The predicted octanol–water partition coefficient (Wildman–Crippen LogP) is 4.59. The van der Waals surface area contributed by atoms with Gasteiger partial charge in [-0.25, -0.2) is 5.43 Å². The molecule has 0 bridgehead atoms. The number of non-ortho nitro benzene ring substituents is 1. The number of phenolic OH excluding ortho intramolecular Hbond substituents is 1. The molecule has 1 amide bonds. The van der Waals surface area contributed by atoms with E-state index in [0.29, 0.717) is 20.7 Å². The molecule has 0 saturated heterocycles. The summed E-state index contributed by atoms with van der Waals surface area (Å²) in [6.07, 6.45) is 1.24. The Kier molecular flexibility index (Phi) is 5.08. The Balaban J connectivity index is 1.83. The number of nitrogens with one attached hydrogen (secondary N) is 1.